The van der Waals surface area contributed by atoms with Gasteiger partial charge in [-0.15, -0.1) is 0 Å². The molecule has 0 aliphatic rings. The van der Waals surface area contributed by atoms with Crippen molar-refractivity contribution in [3.8, 4) is 0 Å². The Kier molecular flexibility index (Phi) is 10.8. The summed E-state index contributed by atoms with van der Waals surface area (Å²) >= 11 is 0. The van der Waals surface area contributed by atoms with E-state index in [1.165, 1.54) is 30.5 Å². The Morgan fingerprint density at radius 1 is 0.667 bits per heavy atom. The van der Waals surface area contributed by atoms with Crippen LogP contribution in [0.25, 0.3) is 0 Å². The molecule has 0 amide bonds. The van der Waals surface area contributed by atoms with Crippen molar-refractivity contribution in [3.05, 3.63) is 71.8 Å². The van der Waals surface area contributed by atoms with E-state index < -0.39 is 0 Å². The minimum absolute atomic E-state index is 0.945. The predicted octanol–water partition coefficient (Wildman–Crippen LogP) is 4.42. The van der Waals surface area contributed by atoms with Crippen molar-refractivity contribution in [2.24, 2.45) is 0 Å². The first-order valence-electron chi connectivity index (χ1n) is 10.5. The summed E-state index contributed by atoms with van der Waals surface area (Å²) in [6.07, 6.45) is 2.39. The number of rotatable bonds is 14. The fraction of sp³-hybridized carbons (Fsp3) is 0.500. The maximum absolute atomic E-state index is 4.45. The standard InChI is InChI=1S/C24H36N3/c1-3-25-17-11-18-26(4-2)19-12-20-27(21-23-13-7-5-8-14-23)22-24-15-9-6-10-16-24/h5-10,13-16H,3-4,11-12,17-22H2,1-2H3. The molecule has 0 unspecified atom stereocenters. The lowest BCUT2D eigenvalue weighted by atomic mass is 10.1. The third kappa shape index (κ3) is 9.18. The van der Waals surface area contributed by atoms with Crippen molar-refractivity contribution < 1.29 is 0 Å². The van der Waals surface area contributed by atoms with Gasteiger partial charge in [0.05, 0.1) is 0 Å². The number of benzene rings is 2. The maximum Gasteiger partial charge on any atom is 0.0237 e. The molecule has 0 spiro atoms. The SMILES string of the molecule is CC[N]CCCN(CC)CCCN(Cc1ccccc1)Cc1ccccc1. The lowest BCUT2D eigenvalue weighted by Gasteiger charge is -2.25. The van der Waals surface area contributed by atoms with Crippen LogP contribution in [0.2, 0.25) is 0 Å². The first-order chi connectivity index (χ1) is 13.3. The average Bonchev–Trinajstić information content (AvgIpc) is 2.71. The molecular formula is C24H36N3. The Labute approximate surface area is 166 Å². The Bertz CT molecular complexity index is 544. The smallest absolute Gasteiger partial charge is 0.0237 e. The van der Waals surface area contributed by atoms with Gasteiger partial charge in [-0.2, -0.15) is 0 Å². The van der Waals surface area contributed by atoms with Gasteiger partial charge in [0.1, 0.15) is 0 Å². The highest BCUT2D eigenvalue weighted by molar-refractivity contribution is 5.17. The van der Waals surface area contributed by atoms with Gasteiger partial charge in [0.15, 0.2) is 0 Å². The van der Waals surface area contributed by atoms with E-state index in [4.69, 9.17) is 0 Å². The molecular weight excluding hydrogens is 330 g/mol. The second-order valence-electron chi connectivity index (χ2n) is 7.09. The molecule has 3 nitrogen and oxygen atoms in total. The van der Waals surface area contributed by atoms with Crippen LogP contribution >= 0.6 is 0 Å². The van der Waals surface area contributed by atoms with Crippen molar-refractivity contribution in [2.45, 2.75) is 39.8 Å². The molecule has 0 saturated carbocycles. The summed E-state index contributed by atoms with van der Waals surface area (Å²) < 4.78 is 0. The van der Waals surface area contributed by atoms with Crippen LogP contribution in [-0.4, -0.2) is 49.1 Å². The van der Waals surface area contributed by atoms with Gasteiger partial charge in [-0.1, -0.05) is 74.5 Å². The largest absolute Gasteiger partial charge is 0.304 e. The summed E-state index contributed by atoms with van der Waals surface area (Å²) in [6, 6.07) is 21.6. The Morgan fingerprint density at radius 3 is 1.70 bits per heavy atom. The minimum atomic E-state index is 0.945. The van der Waals surface area contributed by atoms with Crippen LogP contribution in [0.15, 0.2) is 60.7 Å². The zero-order chi connectivity index (χ0) is 19.2. The van der Waals surface area contributed by atoms with E-state index in [1.807, 2.05) is 0 Å². The van der Waals surface area contributed by atoms with E-state index in [0.717, 1.165) is 45.8 Å². The van der Waals surface area contributed by atoms with E-state index in [-0.39, 0.29) is 0 Å². The van der Waals surface area contributed by atoms with Crippen LogP contribution in [-0.2, 0) is 13.1 Å². The molecule has 0 atom stereocenters. The van der Waals surface area contributed by atoms with Crippen LogP contribution in [0.4, 0.5) is 0 Å². The summed E-state index contributed by atoms with van der Waals surface area (Å²) in [5, 5.41) is 4.45. The molecule has 0 heterocycles. The Balaban J connectivity index is 1.83. The molecule has 0 fully saturated rings. The fourth-order valence-corrected chi connectivity index (χ4v) is 3.41. The second kappa shape index (κ2) is 13.5. The maximum atomic E-state index is 4.45. The highest BCUT2D eigenvalue weighted by atomic mass is 15.1. The molecule has 2 aromatic rings. The molecule has 2 aromatic carbocycles. The van der Waals surface area contributed by atoms with Crippen molar-refractivity contribution >= 4 is 0 Å². The monoisotopic (exact) mass is 366 g/mol. The van der Waals surface area contributed by atoms with Gasteiger partial charge in [-0.05, 0) is 43.6 Å². The Hall–Kier alpha value is -1.68. The normalized spacial score (nSPS) is 11.4. The van der Waals surface area contributed by atoms with E-state index in [2.05, 4.69) is 89.6 Å². The molecule has 27 heavy (non-hydrogen) atoms. The van der Waals surface area contributed by atoms with Gasteiger partial charge in [0, 0.05) is 32.7 Å². The third-order valence-electron chi connectivity index (χ3n) is 4.91. The molecule has 0 saturated heterocycles. The molecule has 0 aliphatic carbocycles. The van der Waals surface area contributed by atoms with Crippen LogP contribution in [0, 0.1) is 0 Å². The first kappa shape index (κ1) is 21.6. The van der Waals surface area contributed by atoms with Gasteiger partial charge in [-0.25, -0.2) is 5.32 Å². The molecule has 0 N–H and O–H groups in total. The minimum Gasteiger partial charge on any atom is -0.304 e. The van der Waals surface area contributed by atoms with Crippen molar-refractivity contribution in [2.75, 3.05) is 39.3 Å². The number of hydrogen-bond acceptors (Lipinski definition) is 2. The molecule has 3 heteroatoms. The average molecular weight is 367 g/mol. The molecule has 0 aliphatic heterocycles. The lowest BCUT2D eigenvalue weighted by molar-refractivity contribution is 0.219. The predicted molar refractivity (Wildman–Crippen MR) is 116 cm³/mol. The van der Waals surface area contributed by atoms with Crippen LogP contribution in [0.5, 0.6) is 0 Å². The van der Waals surface area contributed by atoms with E-state index in [9.17, 15) is 0 Å². The highest BCUT2D eigenvalue weighted by Gasteiger charge is 2.09. The van der Waals surface area contributed by atoms with Gasteiger partial charge >= 0.3 is 0 Å². The van der Waals surface area contributed by atoms with Gasteiger partial charge in [0.25, 0.3) is 0 Å². The summed E-state index contributed by atoms with van der Waals surface area (Å²) in [5.74, 6) is 0. The van der Waals surface area contributed by atoms with Crippen molar-refractivity contribution in [1.29, 1.82) is 0 Å². The summed E-state index contributed by atoms with van der Waals surface area (Å²) in [5.41, 5.74) is 2.78. The second-order valence-corrected chi connectivity index (χ2v) is 7.09. The Morgan fingerprint density at radius 2 is 1.19 bits per heavy atom. The lowest BCUT2D eigenvalue weighted by Crippen LogP contribution is -2.31. The fourth-order valence-electron chi connectivity index (χ4n) is 3.41. The van der Waals surface area contributed by atoms with Gasteiger partial charge < -0.3 is 4.90 Å². The van der Waals surface area contributed by atoms with E-state index in [0.29, 0.717) is 0 Å². The third-order valence-corrected chi connectivity index (χ3v) is 4.91. The van der Waals surface area contributed by atoms with Crippen molar-refractivity contribution in [1.82, 2.24) is 15.1 Å². The van der Waals surface area contributed by atoms with E-state index in [1.54, 1.807) is 0 Å². The van der Waals surface area contributed by atoms with Crippen LogP contribution < -0.4 is 5.32 Å². The van der Waals surface area contributed by atoms with Crippen LogP contribution in [0.1, 0.15) is 37.8 Å². The highest BCUT2D eigenvalue weighted by Crippen LogP contribution is 2.11. The zero-order valence-electron chi connectivity index (χ0n) is 17.2. The topological polar surface area (TPSA) is 20.6 Å². The summed E-state index contributed by atoms with van der Waals surface area (Å²) in [6.45, 7) is 12.9. The molecule has 1 radical (unpaired) electrons. The number of nitrogens with zero attached hydrogens (tertiary/aromatic N) is 3. The number of hydrogen-bond donors (Lipinski definition) is 0. The van der Waals surface area contributed by atoms with Crippen LogP contribution in [0.3, 0.4) is 0 Å². The molecule has 0 bridgehead atoms. The molecule has 2 rings (SSSR count). The summed E-state index contributed by atoms with van der Waals surface area (Å²) in [7, 11) is 0. The van der Waals surface area contributed by atoms with E-state index >= 15 is 0 Å². The quantitative estimate of drug-likeness (QED) is 0.462. The zero-order valence-corrected chi connectivity index (χ0v) is 17.2. The summed E-state index contributed by atoms with van der Waals surface area (Å²) in [4.78, 5) is 5.14. The molecule has 0 aromatic heterocycles. The van der Waals surface area contributed by atoms with Gasteiger partial charge in [0.2, 0.25) is 0 Å². The van der Waals surface area contributed by atoms with Crippen molar-refractivity contribution in [3.63, 3.8) is 0 Å². The molecule has 147 valence electrons. The van der Waals surface area contributed by atoms with Gasteiger partial charge in [-0.3, -0.25) is 4.90 Å². The first-order valence-corrected chi connectivity index (χ1v) is 10.5.